The molecule has 0 aliphatic heterocycles. The van der Waals surface area contributed by atoms with Crippen LogP contribution in [0.2, 0.25) is 0 Å². The Morgan fingerprint density at radius 1 is 1.18 bits per heavy atom. The zero-order valence-electron chi connectivity index (χ0n) is 12.3. The SMILES string of the molecule is COc1ccc(-n2c([C-]=O)c(O)c(O)c2C(C)=O)cc1.[OH-].[Rb+]. The van der Waals surface area contributed by atoms with Crippen LogP contribution in [0.1, 0.15) is 23.1 Å². The molecule has 7 nitrogen and oxygen atoms in total. The molecule has 8 heteroatoms. The molecular formula is C14H13NO6Rb-. The average Bonchev–Trinajstić information content (AvgIpc) is 2.71. The number of aromatic hydroxyl groups is 2. The quantitative estimate of drug-likeness (QED) is 0.489. The van der Waals surface area contributed by atoms with Gasteiger partial charge in [0.2, 0.25) is 0 Å². The first-order valence-corrected chi connectivity index (χ1v) is 5.71. The largest absolute Gasteiger partial charge is 1.00 e. The second kappa shape index (κ2) is 8.59. The van der Waals surface area contributed by atoms with Crippen molar-refractivity contribution in [1.82, 2.24) is 4.57 Å². The molecule has 2 aromatic rings. The van der Waals surface area contributed by atoms with Gasteiger partial charge in [-0.05, 0) is 30.0 Å². The third-order valence-electron chi connectivity index (χ3n) is 2.88. The Morgan fingerprint density at radius 2 is 1.73 bits per heavy atom. The number of methoxy groups -OCH3 is 1. The summed E-state index contributed by atoms with van der Waals surface area (Å²) in [6.45, 7) is 1.23. The van der Waals surface area contributed by atoms with Gasteiger partial charge in [0.05, 0.1) is 7.11 Å². The van der Waals surface area contributed by atoms with E-state index in [4.69, 9.17) is 4.74 Å². The van der Waals surface area contributed by atoms with E-state index in [0.717, 1.165) is 4.57 Å². The number of carbonyl (C=O) groups is 1. The summed E-state index contributed by atoms with van der Waals surface area (Å²) >= 11 is 0. The van der Waals surface area contributed by atoms with Crippen LogP contribution in [0.4, 0.5) is 0 Å². The molecule has 0 fully saturated rings. The van der Waals surface area contributed by atoms with Crippen molar-refractivity contribution in [2.24, 2.45) is 0 Å². The summed E-state index contributed by atoms with van der Waals surface area (Å²) in [6, 6.07) is 6.43. The number of carbonyl (C=O) groups excluding carboxylic acids is 2. The maximum atomic E-state index is 11.6. The van der Waals surface area contributed by atoms with Gasteiger partial charge in [0.1, 0.15) is 17.2 Å². The number of ether oxygens (including phenoxy) is 1. The van der Waals surface area contributed by atoms with E-state index in [0.29, 0.717) is 11.4 Å². The van der Waals surface area contributed by atoms with E-state index in [1.807, 2.05) is 0 Å². The topological polar surface area (TPSA) is 119 Å². The smallest absolute Gasteiger partial charge is 0.870 e. The van der Waals surface area contributed by atoms with Gasteiger partial charge in [-0.2, -0.15) is 0 Å². The van der Waals surface area contributed by atoms with Crippen LogP contribution in [0.5, 0.6) is 17.2 Å². The minimum atomic E-state index is -0.666. The average molecular weight is 377 g/mol. The summed E-state index contributed by atoms with van der Waals surface area (Å²) in [5.41, 5.74) is -0.0613. The van der Waals surface area contributed by atoms with Crippen molar-refractivity contribution in [3.63, 3.8) is 0 Å². The predicted molar refractivity (Wildman–Crippen MR) is 72.4 cm³/mol. The van der Waals surface area contributed by atoms with Crippen LogP contribution < -0.4 is 62.9 Å². The molecule has 0 atom stereocenters. The number of benzene rings is 1. The minimum absolute atomic E-state index is 0. The first kappa shape index (κ1) is 21.0. The van der Waals surface area contributed by atoms with Crippen molar-refractivity contribution in [2.45, 2.75) is 6.92 Å². The maximum absolute atomic E-state index is 11.6. The Morgan fingerprint density at radius 3 is 2.14 bits per heavy atom. The summed E-state index contributed by atoms with van der Waals surface area (Å²) in [7, 11) is 1.51. The standard InChI is InChI=1S/C14H12NO5.H2O.Rb/c1-8(17)12-14(19)13(18)11(7-16)15(12)9-3-5-10(20-2)6-4-9;;/h3-6,18-19H,1-2H3;1H2;/q-1;;+1/p-1. The van der Waals surface area contributed by atoms with Crippen LogP contribution >= 0.6 is 0 Å². The number of hydrogen-bond acceptors (Lipinski definition) is 6. The molecule has 0 radical (unpaired) electrons. The second-order valence-electron chi connectivity index (χ2n) is 4.09. The fourth-order valence-electron chi connectivity index (χ4n) is 1.96. The predicted octanol–water partition coefficient (Wildman–Crippen LogP) is -1.62. The molecule has 1 aromatic heterocycles. The van der Waals surface area contributed by atoms with Crippen molar-refractivity contribution < 1.29 is 88.2 Å². The van der Waals surface area contributed by atoms with Gasteiger partial charge in [0.15, 0.2) is 5.78 Å². The summed E-state index contributed by atoms with van der Waals surface area (Å²) in [4.78, 5) is 22.6. The number of aromatic nitrogens is 1. The van der Waals surface area contributed by atoms with E-state index in [1.165, 1.54) is 20.3 Å². The van der Waals surface area contributed by atoms with Crippen molar-refractivity contribution in [2.75, 3.05) is 7.11 Å². The van der Waals surface area contributed by atoms with Gasteiger partial charge >= 0.3 is 58.2 Å². The summed E-state index contributed by atoms with van der Waals surface area (Å²) < 4.78 is 6.17. The van der Waals surface area contributed by atoms with E-state index < -0.39 is 17.3 Å². The number of nitrogens with zero attached hydrogens (tertiary/aromatic N) is 1. The van der Waals surface area contributed by atoms with Crippen LogP contribution in [-0.2, 0) is 4.79 Å². The molecule has 0 saturated heterocycles. The van der Waals surface area contributed by atoms with E-state index in [2.05, 4.69) is 0 Å². The van der Waals surface area contributed by atoms with Crippen LogP contribution in [0.25, 0.3) is 5.69 Å². The van der Waals surface area contributed by atoms with Crippen molar-refractivity contribution in [1.29, 1.82) is 0 Å². The molecule has 0 bridgehead atoms. The van der Waals surface area contributed by atoms with E-state index in [9.17, 15) is 19.8 Å². The fourth-order valence-corrected chi connectivity index (χ4v) is 1.96. The summed E-state index contributed by atoms with van der Waals surface area (Å²) in [5, 5.41) is 19.5. The molecule has 1 heterocycles. The number of Topliss-reactive ketones (excluding diaryl/α,β-unsaturated/α-hetero) is 1. The van der Waals surface area contributed by atoms with Gasteiger partial charge in [0, 0.05) is 24.6 Å². The number of rotatable bonds is 4. The van der Waals surface area contributed by atoms with Crippen molar-refractivity contribution in [3.8, 4) is 22.9 Å². The first-order valence-electron chi connectivity index (χ1n) is 5.71. The van der Waals surface area contributed by atoms with Crippen LogP contribution in [0, 0.1) is 0 Å². The molecule has 2 rings (SSSR count). The van der Waals surface area contributed by atoms with Crippen molar-refractivity contribution in [3.05, 3.63) is 35.7 Å². The monoisotopic (exact) mass is 376 g/mol. The molecule has 1 aromatic carbocycles. The van der Waals surface area contributed by atoms with Crippen LogP contribution in [0.3, 0.4) is 0 Å². The zero-order chi connectivity index (χ0) is 14.9. The fraction of sp³-hybridized carbons (Fsp3) is 0.143. The maximum Gasteiger partial charge on any atom is 1.00 e. The molecule has 0 saturated carbocycles. The van der Waals surface area contributed by atoms with Crippen LogP contribution in [0.15, 0.2) is 24.3 Å². The summed E-state index contributed by atoms with van der Waals surface area (Å²) in [5.74, 6) is -1.20. The molecule has 0 unspecified atom stereocenters. The molecule has 0 aliphatic rings. The molecular weight excluding hydrogens is 364 g/mol. The third kappa shape index (κ3) is 3.66. The van der Waals surface area contributed by atoms with Crippen molar-refractivity contribution >= 4 is 12.1 Å². The Hall–Kier alpha value is -0.995. The molecule has 0 amide bonds. The molecule has 22 heavy (non-hydrogen) atoms. The number of ketones is 1. The van der Waals surface area contributed by atoms with E-state index in [1.54, 1.807) is 24.3 Å². The molecule has 3 N–H and O–H groups in total. The normalized spacial score (nSPS) is 9.36. The Balaban J connectivity index is 0.00000220. The van der Waals surface area contributed by atoms with Gasteiger partial charge in [-0.1, -0.05) is 0 Å². The van der Waals surface area contributed by atoms with Gasteiger partial charge in [-0.3, -0.25) is 4.79 Å². The molecule has 0 spiro atoms. The second-order valence-corrected chi connectivity index (χ2v) is 4.09. The van der Waals surface area contributed by atoms with Gasteiger partial charge < -0.3 is 29.8 Å². The minimum Gasteiger partial charge on any atom is -0.870 e. The van der Waals surface area contributed by atoms with E-state index >= 15 is 0 Å². The summed E-state index contributed by atoms with van der Waals surface area (Å²) in [6.07, 6.45) is 1.53. The van der Waals surface area contributed by atoms with Gasteiger partial charge in [-0.25, -0.2) is 0 Å². The third-order valence-corrected chi connectivity index (χ3v) is 2.88. The zero-order valence-corrected chi connectivity index (χ0v) is 17.2. The Kier molecular flexibility index (Phi) is 8.20. The van der Waals surface area contributed by atoms with Gasteiger partial charge in [-0.15, -0.1) is 0 Å². The van der Waals surface area contributed by atoms with Crippen LogP contribution in [-0.4, -0.2) is 39.4 Å². The Labute approximate surface area is 175 Å². The number of hydrogen-bond donors (Lipinski definition) is 2. The van der Waals surface area contributed by atoms with E-state index in [-0.39, 0.29) is 75.1 Å². The first-order chi connectivity index (χ1) is 9.51. The molecule has 0 aliphatic carbocycles. The molecule has 112 valence electrons. The Bertz CT molecular complexity index is 678. The van der Waals surface area contributed by atoms with Gasteiger partial charge in [0.25, 0.3) is 0 Å².